The molecule has 1 heteroatoms. The van der Waals surface area contributed by atoms with Crippen LogP contribution in [0.2, 0.25) is 0 Å². The van der Waals surface area contributed by atoms with E-state index in [0.717, 1.165) is 4.90 Å². The van der Waals surface area contributed by atoms with Gasteiger partial charge in [0, 0.05) is 4.90 Å². The van der Waals surface area contributed by atoms with Crippen LogP contribution in [-0.4, -0.2) is 0 Å². The largest absolute Gasteiger partial charge is 0.143 e. The molecule has 0 aliphatic rings. The van der Waals surface area contributed by atoms with E-state index in [2.05, 4.69) is 44.7 Å². The molecule has 0 spiro atoms. The molecule has 0 N–H and O–H groups in total. The Morgan fingerprint density at radius 2 is 1.75 bits per heavy atom. The van der Waals surface area contributed by atoms with Crippen molar-refractivity contribution in [3.8, 4) is 0 Å². The standard InChI is InChI=1S/C11H16S/c1-3-9(4-2)10-7-5-6-8-11(10)12/h5-9,12H,3-4H2,1-2H3. The average Bonchev–Trinajstić information content (AvgIpc) is 2.10. The highest BCUT2D eigenvalue weighted by Gasteiger charge is 2.08. The molecule has 66 valence electrons. The lowest BCUT2D eigenvalue weighted by molar-refractivity contribution is 0.632. The number of hydrogen-bond donors (Lipinski definition) is 1. The summed E-state index contributed by atoms with van der Waals surface area (Å²) in [6, 6.07) is 8.37. The van der Waals surface area contributed by atoms with Crippen LogP contribution in [0.3, 0.4) is 0 Å². The van der Waals surface area contributed by atoms with Gasteiger partial charge >= 0.3 is 0 Å². The fourth-order valence-electron chi connectivity index (χ4n) is 1.56. The second-order valence-corrected chi connectivity index (χ2v) is 3.55. The topological polar surface area (TPSA) is 0 Å². The van der Waals surface area contributed by atoms with E-state index in [1.54, 1.807) is 0 Å². The zero-order valence-electron chi connectivity index (χ0n) is 7.75. The fraction of sp³-hybridized carbons (Fsp3) is 0.455. The summed E-state index contributed by atoms with van der Waals surface area (Å²) < 4.78 is 0. The van der Waals surface area contributed by atoms with Gasteiger partial charge in [-0.1, -0.05) is 32.0 Å². The molecule has 0 amide bonds. The van der Waals surface area contributed by atoms with Crippen LogP contribution < -0.4 is 0 Å². The van der Waals surface area contributed by atoms with E-state index in [4.69, 9.17) is 0 Å². The van der Waals surface area contributed by atoms with Crippen molar-refractivity contribution >= 4 is 12.6 Å². The molecule has 1 aromatic carbocycles. The van der Waals surface area contributed by atoms with Crippen LogP contribution in [-0.2, 0) is 0 Å². The summed E-state index contributed by atoms with van der Waals surface area (Å²) in [6.45, 7) is 4.46. The molecule has 0 unspecified atom stereocenters. The van der Waals surface area contributed by atoms with Crippen LogP contribution in [0.25, 0.3) is 0 Å². The van der Waals surface area contributed by atoms with Gasteiger partial charge in [-0.3, -0.25) is 0 Å². The minimum atomic E-state index is 0.679. The van der Waals surface area contributed by atoms with Crippen LogP contribution in [0.5, 0.6) is 0 Å². The highest BCUT2D eigenvalue weighted by atomic mass is 32.1. The summed E-state index contributed by atoms with van der Waals surface area (Å²) in [7, 11) is 0. The molecule has 0 radical (unpaired) electrons. The number of rotatable bonds is 3. The van der Waals surface area contributed by atoms with E-state index in [1.165, 1.54) is 18.4 Å². The van der Waals surface area contributed by atoms with Gasteiger partial charge in [0.15, 0.2) is 0 Å². The van der Waals surface area contributed by atoms with Gasteiger partial charge in [-0.25, -0.2) is 0 Å². The number of hydrogen-bond acceptors (Lipinski definition) is 1. The van der Waals surface area contributed by atoms with Crippen LogP contribution in [0.1, 0.15) is 38.2 Å². The van der Waals surface area contributed by atoms with E-state index in [1.807, 2.05) is 6.07 Å². The Bertz CT molecular complexity index is 239. The molecule has 0 aromatic heterocycles. The average molecular weight is 180 g/mol. The van der Waals surface area contributed by atoms with Crippen molar-refractivity contribution in [2.75, 3.05) is 0 Å². The SMILES string of the molecule is CCC(CC)c1ccccc1S. The van der Waals surface area contributed by atoms with E-state index in [-0.39, 0.29) is 0 Å². The normalized spacial score (nSPS) is 10.7. The van der Waals surface area contributed by atoms with Gasteiger partial charge in [0.2, 0.25) is 0 Å². The zero-order valence-corrected chi connectivity index (χ0v) is 8.64. The van der Waals surface area contributed by atoms with Gasteiger partial charge in [-0.05, 0) is 30.4 Å². The van der Waals surface area contributed by atoms with Crippen molar-refractivity contribution < 1.29 is 0 Å². The van der Waals surface area contributed by atoms with Crippen LogP contribution in [0.15, 0.2) is 29.2 Å². The third-order valence-electron chi connectivity index (χ3n) is 2.36. The monoisotopic (exact) mass is 180 g/mol. The minimum Gasteiger partial charge on any atom is -0.143 e. The summed E-state index contributed by atoms with van der Waals surface area (Å²) in [5, 5.41) is 0. The Labute approximate surface area is 80.4 Å². The Morgan fingerprint density at radius 1 is 1.17 bits per heavy atom. The van der Waals surface area contributed by atoms with Crippen molar-refractivity contribution in [3.63, 3.8) is 0 Å². The smallest absolute Gasteiger partial charge is 0.00748 e. The first-order chi connectivity index (χ1) is 5.79. The van der Waals surface area contributed by atoms with Crippen LogP contribution >= 0.6 is 12.6 Å². The maximum absolute atomic E-state index is 4.45. The summed E-state index contributed by atoms with van der Waals surface area (Å²) in [5.41, 5.74) is 1.39. The quantitative estimate of drug-likeness (QED) is 0.670. The van der Waals surface area contributed by atoms with Gasteiger partial charge in [0.1, 0.15) is 0 Å². The molecular weight excluding hydrogens is 164 g/mol. The van der Waals surface area contributed by atoms with Gasteiger partial charge < -0.3 is 0 Å². The maximum atomic E-state index is 4.45. The first kappa shape index (κ1) is 9.66. The van der Waals surface area contributed by atoms with Crippen molar-refractivity contribution in [3.05, 3.63) is 29.8 Å². The predicted molar refractivity (Wildman–Crippen MR) is 57.0 cm³/mol. The van der Waals surface area contributed by atoms with Crippen LogP contribution in [0, 0.1) is 0 Å². The van der Waals surface area contributed by atoms with Crippen LogP contribution in [0.4, 0.5) is 0 Å². The van der Waals surface area contributed by atoms with Crippen molar-refractivity contribution in [1.82, 2.24) is 0 Å². The molecule has 1 rings (SSSR count). The molecular formula is C11H16S. The van der Waals surface area contributed by atoms with Gasteiger partial charge in [0.25, 0.3) is 0 Å². The third-order valence-corrected chi connectivity index (χ3v) is 2.77. The van der Waals surface area contributed by atoms with Gasteiger partial charge in [-0.2, -0.15) is 0 Å². The third kappa shape index (κ3) is 2.04. The maximum Gasteiger partial charge on any atom is 0.00748 e. The van der Waals surface area contributed by atoms with E-state index in [9.17, 15) is 0 Å². The summed E-state index contributed by atoms with van der Waals surface area (Å²) in [5.74, 6) is 0.679. The highest BCUT2D eigenvalue weighted by Crippen LogP contribution is 2.27. The van der Waals surface area contributed by atoms with Gasteiger partial charge in [-0.15, -0.1) is 12.6 Å². The van der Waals surface area contributed by atoms with E-state index < -0.39 is 0 Å². The Kier molecular flexibility index (Phi) is 3.67. The number of benzene rings is 1. The lowest BCUT2D eigenvalue weighted by atomic mass is 9.94. The summed E-state index contributed by atoms with van der Waals surface area (Å²) in [4.78, 5) is 1.13. The molecule has 0 bridgehead atoms. The van der Waals surface area contributed by atoms with Crippen molar-refractivity contribution in [2.24, 2.45) is 0 Å². The molecule has 0 fully saturated rings. The molecule has 0 nitrogen and oxygen atoms in total. The molecule has 0 aliphatic carbocycles. The Hall–Kier alpha value is -0.430. The first-order valence-corrected chi connectivity index (χ1v) is 5.02. The summed E-state index contributed by atoms with van der Waals surface area (Å²) in [6.07, 6.45) is 2.40. The van der Waals surface area contributed by atoms with Crippen molar-refractivity contribution in [2.45, 2.75) is 37.5 Å². The molecule has 0 saturated heterocycles. The fourth-order valence-corrected chi connectivity index (χ4v) is 1.90. The molecule has 0 atom stereocenters. The molecule has 0 aliphatic heterocycles. The molecule has 0 saturated carbocycles. The molecule has 1 aromatic rings. The Morgan fingerprint density at radius 3 is 2.25 bits per heavy atom. The Balaban J connectivity index is 2.92. The lowest BCUT2D eigenvalue weighted by Crippen LogP contribution is -1.95. The highest BCUT2D eigenvalue weighted by molar-refractivity contribution is 7.80. The second kappa shape index (κ2) is 4.56. The molecule has 12 heavy (non-hydrogen) atoms. The predicted octanol–water partition coefficient (Wildman–Crippen LogP) is 3.88. The molecule has 0 heterocycles. The first-order valence-electron chi connectivity index (χ1n) is 4.57. The van der Waals surface area contributed by atoms with Crippen molar-refractivity contribution in [1.29, 1.82) is 0 Å². The minimum absolute atomic E-state index is 0.679. The van der Waals surface area contributed by atoms with E-state index >= 15 is 0 Å². The zero-order chi connectivity index (χ0) is 8.97. The number of thiol groups is 1. The lowest BCUT2D eigenvalue weighted by Gasteiger charge is -2.14. The summed E-state index contributed by atoms with van der Waals surface area (Å²) >= 11 is 4.45. The second-order valence-electron chi connectivity index (χ2n) is 3.07. The van der Waals surface area contributed by atoms with Gasteiger partial charge in [0.05, 0.1) is 0 Å². The van der Waals surface area contributed by atoms with E-state index in [0.29, 0.717) is 5.92 Å².